The minimum atomic E-state index is -4.48. The maximum absolute atomic E-state index is 13.2. The number of nitrogens with one attached hydrogen (secondary N) is 1. The number of Topliss-reactive ketones (excluding diaryl/α,β-unsaturated/α-hetero) is 1. The van der Waals surface area contributed by atoms with Crippen LogP contribution in [0.3, 0.4) is 0 Å². The van der Waals surface area contributed by atoms with Gasteiger partial charge in [-0.3, -0.25) is 9.69 Å². The molecular weight excluding hydrogens is 559 g/mol. The number of benzene rings is 2. The number of halogens is 3. The molecule has 8 nitrogen and oxygen atoms in total. The molecule has 0 spiro atoms. The Kier molecular flexibility index (Phi) is 9.79. The van der Waals surface area contributed by atoms with E-state index < -0.39 is 11.7 Å². The maximum atomic E-state index is 13.2. The van der Waals surface area contributed by atoms with Crippen molar-refractivity contribution in [1.29, 1.82) is 0 Å². The van der Waals surface area contributed by atoms with Crippen LogP contribution in [0.1, 0.15) is 56.6 Å². The highest BCUT2D eigenvalue weighted by atomic mass is 19.4. The molecule has 1 aliphatic carbocycles. The lowest BCUT2D eigenvalue weighted by Gasteiger charge is -2.47. The lowest BCUT2D eigenvalue weighted by atomic mass is 9.84. The zero-order valence-corrected chi connectivity index (χ0v) is 24.4. The Balaban J connectivity index is 1.05. The third-order valence-electron chi connectivity index (χ3n) is 8.44. The molecule has 43 heavy (non-hydrogen) atoms. The number of aromatic nitrogens is 2. The number of carbonyl (C=O) groups excluding carboxylic acids is 2. The molecule has 1 aliphatic heterocycles. The van der Waals surface area contributed by atoms with Crippen molar-refractivity contribution in [2.45, 2.75) is 70.3 Å². The quantitative estimate of drug-likeness (QED) is 0.277. The van der Waals surface area contributed by atoms with Gasteiger partial charge in [0.25, 0.3) is 0 Å². The van der Waals surface area contributed by atoms with Gasteiger partial charge in [-0.2, -0.15) is 13.2 Å². The average Bonchev–Trinajstić information content (AvgIpc) is 2.99. The molecule has 1 saturated heterocycles. The van der Waals surface area contributed by atoms with Crippen molar-refractivity contribution in [3.8, 4) is 0 Å². The molecule has 2 heterocycles. The number of rotatable bonds is 11. The lowest BCUT2D eigenvalue weighted by molar-refractivity contribution is -0.137. The fraction of sp³-hybridized carbons (Fsp3) is 0.500. The number of amides is 1. The fourth-order valence-electron chi connectivity index (χ4n) is 6.19. The van der Waals surface area contributed by atoms with E-state index in [4.69, 9.17) is 4.74 Å². The lowest BCUT2D eigenvalue weighted by Crippen LogP contribution is -2.55. The highest BCUT2D eigenvalue weighted by Crippen LogP contribution is 2.34. The zero-order valence-electron chi connectivity index (χ0n) is 24.4. The monoisotopic (exact) mass is 597 g/mol. The SMILES string of the molecule is CCCN(C(=O)OCc1ccccc1)C1CCC(N2CC(CC(=O)CNc3ncnc4ccc(C(F)(F)F)cc34)C2)CC1. The van der Waals surface area contributed by atoms with Crippen LogP contribution in [-0.2, 0) is 22.3 Å². The molecule has 0 radical (unpaired) electrons. The number of ketones is 1. The first-order valence-electron chi connectivity index (χ1n) is 15.0. The Bertz CT molecular complexity index is 1390. The second-order valence-electron chi connectivity index (χ2n) is 11.6. The van der Waals surface area contributed by atoms with Gasteiger partial charge in [0.1, 0.15) is 18.8 Å². The summed E-state index contributed by atoms with van der Waals surface area (Å²) in [6.45, 7) is 4.72. The number of hydrogen-bond acceptors (Lipinski definition) is 7. The third-order valence-corrected chi connectivity index (χ3v) is 8.44. The van der Waals surface area contributed by atoms with Crippen LogP contribution in [0.4, 0.5) is 23.8 Å². The van der Waals surface area contributed by atoms with Crippen LogP contribution in [0.2, 0.25) is 0 Å². The Morgan fingerprint density at radius 2 is 1.79 bits per heavy atom. The van der Waals surface area contributed by atoms with E-state index >= 15 is 0 Å². The third kappa shape index (κ3) is 7.81. The summed E-state index contributed by atoms with van der Waals surface area (Å²) in [5.74, 6) is 0.476. The van der Waals surface area contributed by atoms with Crippen molar-refractivity contribution >= 4 is 28.6 Å². The summed E-state index contributed by atoms with van der Waals surface area (Å²) < 4.78 is 45.2. The highest BCUT2D eigenvalue weighted by molar-refractivity contribution is 5.91. The van der Waals surface area contributed by atoms with E-state index in [-0.39, 0.29) is 48.2 Å². The Hall–Kier alpha value is -3.73. The Morgan fingerprint density at radius 1 is 1.05 bits per heavy atom. The van der Waals surface area contributed by atoms with Gasteiger partial charge in [-0.05, 0) is 61.8 Å². The number of anilines is 1. The summed E-state index contributed by atoms with van der Waals surface area (Å²) in [7, 11) is 0. The molecular formula is C32H38F3N5O3. The summed E-state index contributed by atoms with van der Waals surface area (Å²) in [5.41, 5.74) is 0.567. The topological polar surface area (TPSA) is 87.7 Å². The molecule has 0 unspecified atom stereocenters. The molecule has 3 aromatic rings. The molecule has 2 aromatic carbocycles. The maximum Gasteiger partial charge on any atom is 0.416 e. The highest BCUT2D eigenvalue weighted by Gasteiger charge is 2.37. The molecule has 0 atom stereocenters. The molecule has 2 aliphatic rings. The van der Waals surface area contributed by atoms with Crippen LogP contribution in [0.15, 0.2) is 54.9 Å². The largest absolute Gasteiger partial charge is 0.445 e. The van der Waals surface area contributed by atoms with Crippen molar-refractivity contribution in [1.82, 2.24) is 19.8 Å². The van der Waals surface area contributed by atoms with Gasteiger partial charge in [-0.1, -0.05) is 37.3 Å². The summed E-state index contributed by atoms with van der Waals surface area (Å²) in [5, 5.41) is 3.16. The standard InChI is InChI=1S/C32H38F3N5O3/c1-2-14-40(31(42)43-20-22-6-4-3-5-7-22)26-11-9-25(10-12-26)39-18-23(19-39)15-27(41)17-36-30-28-16-24(32(33,34)35)8-13-29(28)37-21-38-30/h3-8,13,16,21,23,25-26H,2,9-12,14-15,17-20H2,1H3,(H,36,37,38). The summed E-state index contributed by atoms with van der Waals surface area (Å²) in [6.07, 6.45) is 1.69. The van der Waals surface area contributed by atoms with Crippen LogP contribution in [-0.4, -0.2) is 69.9 Å². The van der Waals surface area contributed by atoms with E-state index in [1.807, 2.05) is 35.2 Å². The summed E-state index contributed by atoms with van der Waals surface area (Å²) in [6, 6.07) is 13.6. The molecule has 2 fully saturated rings. The molecule has 230 valence electrons. The van der Waals surface area contributed by atoms with Gasteiger partial charge in [-0.25, -0.2) is 14.8 Å². The fourth-order valence-corrected chi connectivity index (χ4v) is 6.19. The molecule has 11 heteroatoms. The Morgan fingerprint density at radius 3 is 2.49 bits per heavy atom. The molecule has 5 rings (SSSR count). The average molecular weight is 598 g/mol. The van der Waals surface area contributed by atoms with E-state index in [1.165, 1.54) is 12.4 Å². The molecule has 1 saturated carbocycles. The minimum Gasteiger partial charge on any atom is -0.445 e. The van der Waals surface area contributed by atoms with Crippen molar-refractivity contribution in [2.75, 3.05) is 31.5 Å². The van der Waals surface area contributed by atoms with Crippen LogP contribution in [0.5, 0.6) is 0 Å². The number of alkyl halides is 3. The number of hydrogen-bond donors (Lipinski definition) is 1. The van der Waals surface area contributed by atoms with Crippen LogP contribution >= 0.6 is 0 Å². The number of carbonyl (C=O) groups is 2. The second-order valence-corrected chi connectivity index (χ2v) is 11.6. The van der Waals surface area contributed by atoms with Crippen molar-refractivity contribution in [2.24, 2.45) is 5.92 Å². The van der Waals surface area contributed by atoms with Crippen LogP contribution in [0.25, 0.3) is 10.9 Å². The number of fused-ring (bicyclic) bond motifs is 1. The second kappa shape index (κ2) is 13.7. The number of nitrogens with zero attached hydrogens (tertiary/aromatic N) is 4. The van der Waals surface area contributed by atoms with Crippen LogP contribution in [0, 0.1) is 5.92 Å². The van der Waals surface area contributed by atoms with Crippen molar-refractivity contribution in [3.05, 3.63) is 66.0 Å². The first-order chi connectivity index (χ1) is 20.7. The summed E-state index contributed by atoms with van der Waals surface area (Å²) >= 11 is 0. The molecule has 1 amide bonds. The van der Waals surface area contributed by atoms with Crippen molar-refractivity contribution < 1.29 is 27.5 Å². The van der Waals surface area contributed by atoms with Gasteiger partial charge in [0.05, 0.1) is 17.6 Å². The first-order valence-corrected chi connectivity index (χ1v) is 15.0. The van der Waals surface area contributed by atoms with Gasteiger partial charge in [0, 0.05) is 43.5 Å². The van der Waals surface area contributed by atoms with E-state index in [1.54, 1.807) is 0 Å². The van der Waals surface area contributed by atoms with E-state index in [0.717, 1.165) is 62.9 Å². The molecule has 1 N–H and O–H groups in total. The van der Waals surface area contributed by atoms with Gasteiger partial charge >= 0.3 is 12.3 Å². The summed E-state index contributed by atoms with van der Waals surface area (Å²) in [4.78, 5) is 38.0. The molecule has 0 bridgehead atoms. The van der Waals surface area contributed by atoms with Gasteiger partial charge in [-0.15, -0.1) is 0 Å². The zero-order chi connectivity index (χ0) is 30.4. The van der Waals surface area contributed by atoms with Crippen molar-refractivity contribution in [3.63, 3.8) is 0 Å². The van der Waals surface area contributed by atoms with E-state index in [0.29, 0.717) is 24.5 Å². The van der Waals surface area contributed by atoms with Gasteiger partial charge < -0.3 is 15.0 Å². The normalized spacial score (nSPS) is 19.5. The Labute approximate surface area is 249 Å². The predicted molar refractivity (Wildman–Crippen MR) is 157 cm³/mol. The number of ether oxygens (including phenoxy) is 1. The minimum absolute atomic E-state index is 0.00238. The molecule has 1 aromatic heterocycles. The smallest absolute Gasteiger partial charge is 0.416 e. The van der Waals surface area contributed by atoms with Gasteiger partial charge in [0.15, 0.2) is 5.78 Å². The predicted octanol–water partition coefficient (Wildman–Crippen LogP) is 6.31. The number of likely N-dealkylation sites (tertiary alicyclic amines) is 1. The van der Waals surface area contributed by atoms with Gasteiger partial charge in [0.2, 0.25) is 0 Å². The van der Waals surface area contributed by atoms with E-state index in [9.17, 15) is 22.8 Å². The van der Waals surface area contributed by atoms with Crippen LogP contribution < -0.4 is 5.32 Å². The van der Waals surface area contributed by atoms with E-state index in [2.05, 4.69) is 27.1 Å². The first kappa shape index (κ1) is 30.7.